The molecule has 140 valence electrons. The van der Waals surface area contributed by atoms with Crippen molar-refractivity contribution in [1.29, 1.82) is 0 Å². The van der Waals surface area contributed by atoms with Gasteiger partial charge in [-0.25, -0.2) is 13.1 Å². The third-order valence-electron chi connectivity index (χ3n) is 4.19. The first kappa shape index (κ1) is 18.0. The van der Waals surface area contributed by atoms with Gasteiger partial charge in [-0.2, -0.15) is 8.75 Å². The molecule has 27 heavy (non-hydrogen) atoms. The number of benzene rings is 1. The summed E-state index contributed by atoms with van der Waals surface area (Å²) in [6.07, 6.45) is 2.41. The Labute approximate surface area is 160 Å². The van der Waals surface area contributed by atoms with E-state index in [-0.39, 0.29) is 10.8 Å². The lowest BCUT2D eigenvalue weighted by atomic mass is 10.0. The van der Waals surface area contributed by atoms with Crippen molar-refractivity contribution in [3.05, 3.63) is 48.4 Å². The Morgan fingerprint density at radius 2 is 1.96 bits per heavy atom. The van der Waals surface area contributed by atoms with Gasteiger partial charge in [-0.15, -0.1) is 10.2 Å². The van der Waals surface area contributed by atoms with Crippen molar-refractivity contribution in [2.24, 2.45) is 5.92 Å². The maximum Gasteiger partial charge on any atom is 0.243 e. The van der Waals surface area contributed by atoms with E-state index in [9.17, 15) is 8.42 Å². The van der Waals surface area contributed by atoms with Crippen LogP contribution in [0.4, 0.5) is 0 Å². The standard InChI is InChI=1S/C17H18N6O2S2/c1-11(2)10-13(17-19-18-15-8-3-4-9-23(15)17)22-27(24,25)14-7-5-6-12-16(14)21-26-20-12/h3-9,11,13,22H,10H2,1-2H3. The molecule has 4 aromatic rings. The predicted molar refractivity (Wildman–Crippen MR) is 103 cm³/mol. The first-order valence-corrected chi connectivity index (χ1v) is 10.7. The topological polar surface area (TPSA) is 102 Å². The molecule has 1 aromatic carbocycles. The average Bonchev–Trinajstić information content (AvgIpc) is 3.27. The smallest absolute Gasteiger partial charge is 0.243 e. The fourth-order valence-corrected chi connectivity index (χ4v) is 5.00. The number of hydrogen-bond donors (Lipinski definition) is 1. The highest BCUT2D eigenvalue weighted by Crippen LogP contribution is 2.26. The van der Waals surface area contributed by atoms with E-state index in [1.165, 1.54) is 0 Å². The van der Waals surface area contributed by atoms with Crippen LogP contribution < -0.4 is 4.72 Å². The molecule has 0 radical (unpaired) electrons. The van der Waals surface area contributed by atoms with E-state index in [4.69, 9.17) is 0 Å². The maximum absolute atomic E-state index is 13.1. The monoisotopic (exact) mass is 402 g/mol. The van der Waals surface area contributed by atoms with E-state index in [1.54, 1.807) is 22.6 Å². The SMILES string of the molecule is CC(C)CC(NS(=O)(=O)c1cccc2nsnc12)c1nnc2ccccn12. The molecular weight excluding hydrogens is 384 g/mol. The first-order valence-electron chi connectivity index (χ1n) is 8.49. The minimum Gasteiger partial charge on any atom is -0.285 e. The number of sulfonamides is 1. The van der Waals surface area contributed by atoms with Crippen molar-refractivity contribution < 1.29 is 8.42 Å². The highest BCUT2D eigenvalue weighted by Gasteiger charge is 2.28. The molecule has 4 rings (SSSR count). The summed E-state index contributed by atoms with van der Waals surface area (Å²) in [7, 11) is -3.82. The molecule has 0 aliphatic carbocycles. The number of nitrogens with one attached hydrogen (secondary N) is 1. The van der Waals surface area contributed by atoms with E-state index in [2.05, 4.69) is 23.7 Å². The molecule has 1 atom stereocenters. The fourth-order valence-electron chi connectivity index (χ4n) is 3.02. The van der Waals surface area contributed by atoms with Crippen LogP contribution in [0, 0.1) is 5.92 Å². The van der Waals surface area contributed by atoms with Gasteiger partial charge < -0.3 is 0 Å². The Morgan fingerprint density at radius 1 is 1.11 bits per heavy atom. The zero-order chi connectivity index (χ0) is 19.0. The van der Waals surface area contributed by atoms with E-state index < -0.39 is 16.1 Å². The van der Waals surface area contributed by atoms with Gasteiger partial charge in [-0.3, -0.25) is 4.40 Å². The lowest BCUT2D eigenvalue weighted by Gasteiger charge is -2.19. The Morgan fingerprint density at radius 3 is 2.78 bits per heavy atom. The van der Waals surface area contributed by atoms with Gasteiger partial charge in [0, 0.05) is 6.20 Å². The van der Waals surface area contributed by atoms with Crippen LogP contribution in [0.5, 0.6) is 0 Å². The summed E-state index contributed by atoms with van der Waals surface area (Å²) in [6, 6.07) is 10.00. The number of nitrogens with zero attached hydrogens (tertiary/aromatic N) is 5. The molecule has 0 spiro atoms. The number of rotatable bonds is 6. The average molecular weight is 403 g/mol. The van der Waals surface area contributed by atoms with Crippen molar-refractivity contribution in [2.45, 2.75) is 31.2 Å². The Kier molecular flexibility index (Phi) is 4.62. The van der Waals surface area contributed by atoms with Crippen LogP contribution in [0.3, 0.4) is 0 Å². The third kappa shape index (κ3) is 3.43. The van der Waals surface area contributed by atoms with Crippen LogP contribution >= 0.6 is 11.7 Å². The van der Waals surface area contributed by atoms with Crippen LogP contribution in [0.1, 0.15) is 32.1 Å². The molecule has 0 aliphatic rings. The second-order valence-corrected chi connectivity index (χ2v) is 8.89. The Bertz CT molecular complexity index is 1200. The summed E-state index contributed by atoms with van der Waals surface area (Å²) in [5.74, 6) is 0.817. The van der Waals surface area contributed by atoms with Crippen molar-refractivity contribution in [3.8, 4) is 0 Å². The summed E-state index contributed by atoms with van der Waals surface area (Å²) in [5.41, 5.74) is 1.62. The summed E-state index contributed by atoms with van der Waals surface area (Å²) >= 11 is 0.994. The molecule has 1 unspecified atom stereocenters. The minimum absolute atomic E-state index is 0.122. The lowest BCUT2D eigenvalue weighted by molar-refractivity contribution is 0.454. The molecule has 0 fully saturated rings. The summed E-state index contributed by atoms with van der Waals surface area (Å²) in [4.78, 5) is 0.122. The van der Waals surface area contributed by atoms with Gasteiger partial charge in [0.05, 0.1) is 17.8 Å². The molecule has 3 heterocycles. The van der Waals surface area contributed by atoms with E-state index in [0.717, 1.165) is 11.7 Å². The molecule has 0 saturated carbocycles. The fraction of sp³-hybridized carbons (Fsp3) is 0.294. The molecule has 0 aliphatic heterocycles. The second kappa shape index (κ2) is 6.95. The van der Waals surface area contributed by atoms with Crippen LogP contribution in [0.25, 0.3) is 16.7 Å². The van der Waals surface area contributed by atoms with Crippen LogP contribution in [-0.2, 0) is 10.0 Å². The highest BCUT2D eigenvalue weighted by atomic mass is 32.2. The van der Waals surface area contributed by atoms with Crippen LogP contribution in [0.15, 0.2) is 47.5 Å². The van der Waals surface area contributed by atoms with E-state index >= 15 is 0 Å². The Hall–Kier alpha value is -2.43. The molecule has 0 bridgehead atoms. The highest BCUT2D eigenvalue weighted by molar-refractivity contribution is 7.89. The van der Waals surface area contributed by atoms with Gasteiger partial charge >= 0.3 is 0 Å². The largest absolute Gasteiger partial charge is 0.285 e. The lowest BCUT2D eigenvalue weighted by Crippen LogP contribution is -2.31. The minimum atomic E-state index is -3.82. The number of fused-ring (bicyclic) bond motifs is 2. The molecule has 0 amide bonds. The van der Waals surface area contributed by atoms with Crippen molar-refractivity contribution in [1.82, 2.24) is 28.1 Å². The zero-order valence-electron chi connectivity index (χ0n) is 14.8. The van der Waals surface area contributed by atoms with Gasteiger partial charge in [0.1, 0.15) is 15.9 Å². The second-order valence-electron chi connectivity index (χ2n) is 6.68. The first-order chi connectivity index (χ1) is 13.0. The number of pyridine rings is 1. The van der Waals surface area contributed by atoms with Crippen molar-refractivity contribution in [2.75, 3.05) is 0 Å². The summed E-state index contributed by atoms with van der Waals surface area (Å²) < 4.78 is 39.1. The normalized spacial score (nSPS) is 13.6. The molecule has 1 N–H and O–H groups in total. The molecule has 10 heteroatoms. The summed E-state index contributed by atoms with van der Waals surface area (Å²) in [6.45, 7) is 4.07. The van der Waals surface area contributed by atoms with E-state index in [1.807, 2.05) is 38.2 Å². The molecule has 0 saturated heterocycles. The quantitative estimate of drug-likeness (QED) is 0.532. The van der Waals surface area contributed by atoms with Crippen molar-refractivity contribution in [3.63, 3.8) is 0 Å². The maximum atomic E-state index is 13.1. The third-order valence-corrected chi connectivity index (χ3v) is 6.24. The van der Waals surface area contributed by atoms with Gasteiger partial charge in [0.15, 0.2) is 11.5 Å². The predicted octanol–water partition coefficient (Wildman–Crippen LogP) is 2.80. The van der Waals surface area contributed by atoms with Gasteiger partial charge in [0.2, 0.25) is 10.0 Å². The number of aromatic nitrogens is 5. The van der Waals surface area contributed by atoms with Crippen molar-refractivity contribution >= 4 is 38.4 Å². The van der Waals surface area contributed by atoms with Gasteiger partial charge in [-0.05, 0) is 36.6 Å². The Balaban J connectivity index is 1.77. The van der Waals surface area contributed by atoms with Crippen LogP contribution in [-0.4, -0.2) is 31.8 Å². The van der Waals surface area contributed by atoms with E-state index in [0.29, 0.717) is 28.9 Å². The van der Waals surface area contributed by atoms with Gasteiger partial charge in [-0.1, -0.05) is 26.0 Å². The van der Waals surface area contributed by atoms with Crippen LogP contribution in [0.2, 0.25) is 0 Å². The van der Waals surface area contributed by atoms with Gasteiger partial charge in [0.25, 0.3) is 0 Å². The molecule has 3 aromatic heterocycles. The molecular formula is C17H18N6O2S2. The summed E-state index contributed by atoms with van der Waals surface area (Å²) in [5, 5.41) is 8.39. The zero-order valence-corrected chi connectivity index (χ0v) is 16.4. The molecule has 8 nitrogen and oxygen atoms in total. The number of hydrogen-bond acceptors (Lipinski definition) is 7.